The van der Waals surface area contributed by atoms with Crippen molar-refractivity contribution in [2.45, 2.75) is 13.8 Å². The Kier molecular flexibility index (Phi) is 2.69. The molecule has 12 heavy (non-hydrogen) atoms. The molecule has 1 heterocycles. The smallest absolute Gasteiger partial charge is 0.0671 e. The normalized spacial score (nSPS) is 9.17. The van der Waals surface area contributed by atoms with Gasteiger partial charge in [0.25, 0.3) is 0 Å². The van der Waals surface area contributed by atoms with Crippen LogP contribution in [0.15, 0.2) is 24.4 Å². The van der Waals surface area contributed by atoms with Crippen LogP contribution in [0.1, 0.15) is 13.8 Å². The van der Waals surface area contributed by atoms with E-state index in [4.69, 9.17) is 5.73 Å². The van der Waals surface area contributed by atoms with E-state index in [0.717, 1.165) is 16.6 Å². The molecular formula is C9H13N3. The maximum Gasteiger partial charge on any atom is 0.0671 e. The number of aromatic amines is 1. The Hall–Kier alpha value is -1.51. The standard InChI is InChI=1S/C7H7N3.C2H6/c8-6-2-1-3-7-5(6)4-9-10-7;1-2/h1-4H,8H2,(H,9,10);1-2H3. The highest BCUT2D eigenvalue weighted by Crippen LogP contribution is 2.16. The molecule has 1 aromatic carbocycles. The van der Waals surface area contributed by atoms with E-state index >= 15 is 0 Å². The molecule has 3 N–H and O–H groups in total. The van der Waals surface area contributed by atoms with Gasteiger partial charge in [-0.05, 0) is 12.1 Å². The second-order valence-electron chi connectivity index (χ2n) is 2.18. The van der Waals surface area contributed by atoms with Crippen molar-refractivity contribution in [3.63, 3.8) is 0 Å². The molecule has 64 valence electrons. The highest BCUT2D eigenvalue weighted by Gasteiger charge is 1.95. The van der Waals surface area contributed by atoms with E-state index in [1.54, 1.807) is 6.20 Å². The van der Waals surface area contributed by atoms with Gasteiger partial charge in [0, 0.05) is 11.1 Å². The molecule has 0 saturated carbocycles. The van der Waals surface area contributed by atoms with Crippen LogP contribution < -0.4 is 5.73 Å². The van der Waals surface area contributed by atoms with Crippen LogP contribution in [0.25, 0.3) is 10.9 Å². The number of fused-ring (bicyclic) bond motifs is 1. The summed E-state index contributed by atoms with van der Waals surface area (Å²) in [4.78, 5) is 0. The molecule has 1 aromatic heterocycles. The zero-order valence-electron chi connectivity index (χ0n) is 7.33. The van der Waals surface area contributed by atoms with Crippen LogP contribution in [0.3, 0.4) is 0 Å². The fourth-order valence-corrected chi connectivity index (χ4v) is 0.991. The lowest BCUT2D eigenvalue weighted by Crippen LogP contribution is -1.82. The van der Waals surface area contributed by atoms with E-state index in [-0.39, 0.29) is 0 Å². The predicted molar refractivity (Wildman–Crippen MR) is 51.9 cm³/mol. The molecule has 2 rings (SSSR count). The van der Waals surface area contributed by atoms with Crippen LogP contribution in [0.5, 0.6) is 0 Å². The zero-order valence-corrected chi connectivity index (χ0v) is 7.33. The molecule has 0 fully saturated rings. The van der Waals surface area contributed by atoms with Gasteiger partial charge in [0.1, 0.15) is 0 Å². The van der Waals surface area contributed by atoms with Crippen molar-refractivity contribution in [2.75, 3.05) is 5.73 Å². The van der Waals surface area contributed by atoms with Gasteiger partial charge in [0.05, 0.1) is 11.7 Å². The minimum absolute atomic E-state index is 0.770. The number of nitrogens with zero attached hydrogens (tertiary/aromatic N) is 1. The summed E-state index contributed by atoms with van der Waals surface area (Å²) in [6.45, 7) is 4.00. The molecule has 3 nitrogen and oxygen atoms in total. The quantitative estimate of drug-likeness (QED) is 0.585. The Bertz CT molecular complexity index is 351. The van der Waals surface area contributed by atoms with Crippen LogP contribution in [0.2, 0.25) is 0 Å². The Morgan fingerprint density at radius 2 is 2.08 bits per heavy atom. The van der Waals surface area contributed by atoms with Crippen LogP contribution in [0, 0.1) is 0 Å². The molecule has 2 aromatic rings. The van der Waals surface area contributed by atoms with Crippen LogP contribution in [0.4, 0.5) is 5.69 Å². The molecule has 0 aliphatic heterocycles. The third-order valence-corrected chi connectivity index (χ3v) is 1.52. The minimum atomic E-state index is 0.770. The summed E-state index contributed by atoms with van der Waals surface area (Å²) in [5.41, 5.74) is 7.40. The van der Waals surface area contributed by atoms with Gasteiger partial charge >= 0.3 is 0 Å². The third kappa shape index (κ3) is 1.39. The van der Waals surface area contributed by atoms with Gasteiger partial charge < -0.3 is 5.73 Å². The zero-order chi connectivity index (χ0) is 8.97. The fourth-order valence-electron chi connectivity index (χ4n) is 0.991. The largest absolute Gasteiger partial charge is 0.398 e. The van der Waals surface area contributed by atoms with E-state index in [1.807, 2.05) is 32.0 Å². The number of hydrogen-bond donors (Lipinski definition) is 2. The van der Waals surface area contributed by atoms with Gasteiger partial charge in [0.2, 0.25) is 0 Å². The Balaban J connectivity index is 0.000000336. The number of anilines is 1. The number of nitrogens with two attached hydrogens (primary N) is 1. The van der Waals surface area contributed by atoms with Gasteiger partial charge in [-0.1, -0.05) is 19.9 Å². The minimum Gasteiger partial charge on any atom is -0.398 e. The Labute approximate surface area is 71.6 Å². The first-order valence-electron chi connectivity index (χ1n) is 4.05. The van der Waals surface area contributed by atoms with E-state index < -0.39 is 0 Å². The van der Waals surface area contributed by atoms with Crippen LogP contribution in [-0.4, -0.2) is 10.2 Å². The number of H-pyrrole nitrogens is 1. The first kappa shape index (κ1) is 8.59. The van der Waals surface area contributed by atoms with Gasteiger partial charge in [-0.25, -0.2) is 0 Å². The second kappa shape index (κ2) is 3.76. The average Bonchev–Trinajstić information content (AvgIpc) is 2.57. The molecule has 0 atom stereocenters. The van der Waals surface area contributed by atoms with Crippen molar-refractivity contribution in [2.24, 2.45) is 0 Å². The first-order chi connectivity index (χ1) is 5.88. The number of nitrogen functional groups attached to an aromatic ring is 1. The molecule has 0 bridgehead atoms. The molecule has 0 amide bonds. The van der Waals surface area contributed by atoms with E-state index in [0.29, 0.717) is 0 Å². The van der Waals surface area contributed by atoms with Crippen molar-refractivity contribution >= 4 is 16.6 Å². The van der Waals surface area contributed by atoms with Gasteiger partial charge in [-0.15, -0.1) is 0 Å². The van der Waals surface area contributed by atoms with Crippen LogP contribution in [-0.2, 0) is 0 Å². The summed E-state index contributed by atoms with van der Waals surface area (Å²) in [6, 6.07) is 5.70. The first-order valence-corrected chi connectivity index (χ1v) is 4.05. The molecular weight excluding hydrogens is 150 g/mol. The van der Waals surface area contributed by atoms with Crippen molar-refractivity contribution < 1.29 is 0 Å². The van der Waals surface area contributed by atoms with E-state index in [2.05, 4.69) is 10.2 Å². The number of rotatable bonds is 0. The summed E-state index contributed by atoms with van der Waals surface area (Å²) < 4.78 is 0. The van der Waals surface area contributed by atoms with Gasteiger partial charge in [0.15, 0.2) is 0 Å². The topological polar surface area (TPSA) is 54.7 Å². The SMILES string of the molecule is CC.Nc1cccc2[nH]ncc12. The molecule has 0 saturated heterocycles. The summed E-state index contributed by atoms with van der Waals surface area (Å²) in [5.74, 6) is 0. The monoisotopic (exact) mass is 163 g/mol. The van der Waals surface area contributed by atoms with Gasteiger partial charge in [-0.2, -0.15) is 5.10 Å². The Morgan fingerprint density at radius 1 is 1.33 bits per heavy atom. The molecule has 3 heteroatoms. The number of benzene rings is 1. The van der Waals surface area contributed by atoms with Crippen LogP contribution >= 0.6 is 0 Å². The lowest BCUT2D eigenvalue weighted by molar-refractivity contribution is 1.12. The average molecular weight is 163 g/mol. The van der Waals surface area contributed by atoms with Gasteiger partial charge in [-0.3, -0.25) is 5.10 Å². The molecule has 0 spiro atoms. The third-order valence-electron chi connectivity index (χ3n) is 1.52. The highest BCUT2D eigenvalue weighted by molar-refractivity contribution is 5.89. The lowest BCUT2D eigenvalue weighted by Gasteiger charge is -1.91. The number of aromatic nitrogens is 2. The molecule has 0 radical (unpaired) electrons. The van der Waals surface area contributed by atoms with Crippen molar-refractivity contribution in [1.29, 1.82) is 0 Å². The number of nitrogens with one attached hydrogen (secondary N) is 1. The predicted octanol–water partition coefficient (Wildman–Crippen LogP) is 2.17. The fraction of sp³-hybridized carbons (Fsp3) is 0.222. The Morgan fingerprint density at radius 3 is 2.75 bits per heavy atom. The molecule has 0 aliphatic carbocycles. The maximum absolute atomic E-state index is 5.64. The molecule has 0 unspecified atom stereocenters. The summed E-state index contributed by atoms with van der Waals surface area (Å²) >= 11 is 0. The van der Waals surface area contributed by atoms with Crippen molar-refractivity contribution in [1.82, 2.24) is 10.2 Å². The summed E-state index contributed by atoms with van der Waals surface area (Å²) in [7, 11) is 0. The van der Waals surface area contributed by atoms with E-state index in [9.17, 15) is 0 Å². The number of hydrogen-bond acceptors (Lipinski definition) is 2. The lowest BCUT2D eigenvalue weighted by atomic mass is 10.2. The maximum atomic E-state index is 5.64. The summed E-state index contributed by atoms with van der Waals surface area (Å²) in [6.07, 6.45) is 1.73. The van der Waals surface area contributed by atoms with Crippen molar-refractivity contribution in [3.05, 3.63) is 24.4 Å². The highest BCUT2D eigenvalue weighted by atomic mass is 15.1. The van der Waals surface area contributed by atoms with Crippen molar-refractivity contribution in [3.8, 4) is 0 Å². The summed E-state index contributed by atoms with van der Waals surface area (Å²) in [5, 5.41) is 7.68. The van der Waals surface area contributed by atoms with E-state index in [1.165, 1.54) is 0 Å². The molecule has 0 aliphatic rings. The second-order valence-corrected chi connectivity index (χ2v) is 2.18.